The molecule has 0 saturated carbocycles. The molecule has 0 radical (unpaired) electrons. The van der Waals surface area contributed by atoms with Crippen molar-refractivity contribution in [2.75, 3.05) is 37.2 Å². The molecule has 0 aliphatic carbocycles. The van der Waals surface area contributed by atoms with Gasteiger partial charge in [0, 0.05) is 46.3 Å². The number of aromatic nitrogens is 5. The number of nitrogens with one attached hydrogen (secondary N) is 1. The first-order valence-corrected chi connectivity index (χ1v) is 12.3. The Morgan fingerprint density at radius 3 is 2.70 bits per heavy atom. The van der Waals surface area contributed by atoms with Crippen molar-refractivity contribution in [2.45, 2.75) is 39.2 Å². The van der Waals surface area contributed by atoms with Crippen molar-refractivity contribution in [2.24, 2.45) is 4.36 Å². The molecular formula is C20H29N7O2S. The zero-order valence-corrected chi connectivity index (χ0v) is 19.2. The number of aromatic amines is 1. The van der Waals surface area contributed by atoms with E-state index >= 15 is 0 Å². The maximum atomic E-state index is 12.7. The minimum Gasteiger partial charge on any atom is -0.377 e. The van der Waals surface area contributed by atoms with Crippen LogP contribution in [0.2, 0.25) is 0 Å². The van der Waals surface area contributed by atoms with E-state index < -0.39 is 9.73 Å². The lowest BCUT2D eigenvalue weighted by Crippen LogP contribution is -2.44. The third-order valence-corrected chi connectivity index (χ3v) is 5.64. The summed E-state index contributed by atoms with van der Waals surface area (Å²) in [4.78, 5) is 7.20. The summed E-state index contributed by atoms with van der Waals surface area (Å²) < 4.78 is 24.7. The molecule has 1 aliphatic heterocycles. The fourth-order valence-corrected chi connectivity index (χ4v) is 4.28. The maximum absolute atomic E-state index is 12.7. The van der Waals surface area contributed by atoms with Crippen LogP contribution >= 0.6 is 0 Å². The van der Waals surface area contributed by atoms with Gasteiger partial charge in [0.15, 0.2) is 11.5 Å². The Bertz CT molecular complexity index is 1180. The van der Waals surface area contributed by atoms with Crippen molar-refractivity contribution in [3.8, 4) is 5.82 Å². The first-order valence-electron chi connectivity index (χ1n) is 10.00. The molecule has 1 aliphatic rings. The largest absolute Gasteiger partial charge is 0.377 e. The second kappa shape index (κ2) is 7.35. The summed E-state index contributed by atoms with van der Waals surface area (Å²) in [6.07, 6.45) is 4.97. The van der Waals surface area contributed by atoms with Gasteiger partial charge in [0.2, 0.25) is 0 Å². The number of anilines is 1. The minimum absolute atomic E-state index is 0.176. The van der Waals surface area contributed by atoms with E-state index in [1.165, 1.54) is 0 Å². The van der Waals surface area contributed by atoms with Crippen LogP contribution in [0.5, 0.6) is 0 Å². The molecule has 9 nitrogen and oxygen atoms in total. The van der Waals surface area contributed by atoms with Crippen LogP contribution in [0.1, 0.15) is 33.4 Å². The van der Waals surface area contributed by atoms with Crippen LogP contribution in [-0.2, 0) is 19.9 Å². The zero-order valence-electron chi connectivity index (χ0n) is 18.3. The van der Waals surface area contributed by atoms with Gasteiger partial charge in [-0.2, -0.15) is 19.2 Å². The third-order valence-electron chi connectivity index (χ3n) is 5.01. The number of pyridine rings is 1. The fraction of sp³-hybridized carbons (Fsp3) is 0.550. The molecule has 10 heteroatoms. The van der Waals surface area contributed by atoms with E-state index in [9.17, 15) is 4.21 Å². The molecule has 1 saturated heterocycles. The lowest BCUT2D eigenvalue weighted by molar-refractivity contribution is 0.0985. The normalized spacial score (nSPS) is 18.2. The molecule has 4 heterocycles. The Morgan fingerprint density at radius 1 is 1.33 bits per heavy atom. The van der Waals surface area contributed by atoms with Crippen LogP contribution < -0.4 is 4.90 Å². The van der Waals surface area contributed by atoms with Crippen molar-refractivity contribution in [1.29, 1.82) is 0 Å². The zero-order chi connectivity index (χ0) is 21.7. The molecule has 0 bridgehead atoms. The molecule has 30 heavy (non-hydrogen) atoms. The second-order valence-corrected chi connectivity index (χ2v) is 11.6. The average molecular weight is 432 g/mol. The maximum Gasteiger partial charge on any atom is 0.169 e. The van der Waals surface area contributed by atoms with Gasteiger partial charge in [0.05, 0.1) is 42.2 Å². The van der Waals surface area contributed by atoms with Crippen LogP contribution in [0.4, 0.5) is 11.5 Å². The van der Waals surface area contributed by atoms with E-state index in [0.717, 1.165) is 29.3 Å². The van der Waals surface area contributed by atoms with Crippen molar-refractivity contribution in [1.82, 2.24) is 25.0 Å². The number of H-pyrrole nitrogens is 1. The summed E-state index contributed by atoms with van der Waals surface area (Å²) in [5, 5.41) is 12.8. The van der Waals surface area contributed by atoms with Gasteiger partial charge in [0.25, 0.3) is 0 Å². The number of hydrogen-bond donors (Lipinski definition) is 1. The molecule has 1 N–H and O–H groups in total. The Morgan fingerprint density at radius 2 is 2.10 bits per heavy atom. The number of nitrogens with zero attached hydrogens (tertiary/aromatic N) is 6. The van der Waals surface area contributed by atoms with Gasteiger partial charge in [0.1, 0.15) is 5.82 Å². The Balaban J connectivity index is 2.08. The first-order chi connectivity index (χ1) is 14.0. The van der Waals surface area contributed by atoms with Gasteiger partial charge >= 0.3 is 0 Å². The van der Waals surface area contributed by atoms with Gasteiger partial charge in [-0.3, -0.25) is 5.10 Å². The number of morpholine rings is 1. The van der Waals surface area contributed by atoms with Gasteiger partial charge in [-0.05, 0) is 6.92 Å². The molecule has 162 valence electrons. The van der Waals surface area contributed by atoms with Crippen LogP contribution in [0.15, 0.2) is 22.7 Å². The van der Waals surface area contributed by atoms with Crippen molar-refractivity contribution >= 4 is 32.3 Å². The molecule has 1 fully saturated rings. The quantitative estimate of drug-likeness (QED) is 0.684. The molecule has 4 rings (SSSR count). The average Bonchev–Trinajstić information content (AvgIpc) is 3.27. The van der Waals surface area contributed by atoms with E-state index in [1.54, 1.807) is 23.4 Å². The van der Waals surface area contributed by atoms with E-state index in [1.807, 2.05) is 12.1 Å². The smallest absolute Gasteiger partial charge is 0.169 e. The summed E-state index contributed by atoms with van der Waals surface area (Å²) in [5.74, 6) is 1.50. The molecule has 0 amide bonds. The summed E-state index contributed by atoms with van der Waals surface area (Å²) in [5.41, 5.74) is 1.91. The highest BCUT2D eigenvalue weighted by Crippen LogP contribution is 2.38. The van der Waals surface area contributed by atoms with E-state index in [2.05, 4.69) is 47.2 Å². The van der Waals surface area contributed by atoms with Crippen LogP contribution in [0, 0.1) is 0 Å². The summed E-state index contributed by atoms with van der Waals surface area (Å²) >= 11 is 0. The summed E-state index contributed by atoms with van der Waals surface area (Å²) in [6.45, 7) is 10.4. The first kappa shape index (κ1) is 20.8. The Hall–Kier alpha value is -2.46. The van der Waals surface area contributed by atoms with Crippen molar-refractivity contribution < 1.29 is 8.95 Å². The highest BCUT2D eigenvalue weighted by molar-refractivity contribution is 7.92. The van der Waals surface area contributed by atoms with Crippen LogP contribution in [0.25, 0.3) is 16.9 Å². The SMILES string of the molecule is C[C@@H]1COCCN1c1cc(N=S(C)(C)=O)c2c(C(C)(C)C)nn(-c3ccn[nH]3)c2n1. The van der Waals surface area contributed by atoms with E-state index in [-0.39, 0.29) is 11.5 Å². The lowest BCUT2D eigenvalue weighted by Gasteiger charge is -2.34. The summed E-state index contributed by atoms with van der Waals surface area (Å²) in [6, 6.07) is 3.96. The molecular weight excluding hydrogens is 402 g/mol. The van der Waals surface area contributed by atoms with Gasteiger partial charge in [-0.15, -0.1) is 0 Å². The second-order valence-electron chi connectivity index (χ2n) is 9.04. The molecule has 3 aromatic heterocycles. The number of rotatable bonds is 3. The van der Waals surface area contributed by atoms with Gasteiger partial charge in [-0.25, -0.2) is 9.19 Å². The topological polar surface area (TPSA) is 101 Å². The van der Waals surface area contributed by atoms with E-state index in [4.69, 9.17) is 14.8 Å². The lowest BCUT2D eigenvalue weighted by atomic mass is 9.90. The highest BCUT2D eigenvalue weighted by Gasteiger charge is 2.29. The molecule has 0 aromatic carbocycles. The van der Waals surface area contributed by atoms with E-state index in [0.29, 0.717) is 24.5 Å². The predicted molar refractivity (Wildman–Crippen MR) is 119 cm³/mol. The van der Waals surface area contributed by atoms with Gasteiger partial charge < -0.3 is 9.64 Å². The summed E-state index contributed by atoms with van der Waals surface area (Å²) in [7, 11) is -2.39. The van der Waals surface area contributed by atoms with Crippen LogP contribution in [0.3, 0.4) is 0 Å². The fourth-order valence-electron chi connectivity index (χ4n) is 3.67. The van der Waals surface area contributed by atoms with Gasteiger partial charge in [-0.1, -0.05) is 20.8 Å². The predicted octanol–water partition coefficient (Wildman–Crippen LogP) is 3.03. The molecule has 3 aromatic rings. The number of fused-ring (bicyclic) bond motifs is 1. The standard InChI is InChI=1S/C20H29N7O2S/c1-13-12-29-10-9-26(13)16-11-14(25-30(5,6)28)17-18(20(2,3)4)24-27(19(17)22-16)15-7-8-21-23-15/h7-8,11,13H,9-10,12H2,1-6H3,(H,21,23)/t13-/m1/s1. The minimum atomic E-state index is -2.39. The molecule has 0 unspecified atom stereocenters. The Labute approximate surface area is 177 Å². The monoisotopic (exact) mass is 431 g/mol. The Kier molecular flexibility index (Phi) is 5.09. The third kappa shape index (κ3) is 3.93. The van der Waals surface area contributed by atoms with Crippen molar-refractivity contribution in [3.05, 3.63) is 24.0 Å². The highest BCUT2D eigenvalue weighted by atomic mass is 32.2. The number of ether oxygens (including phenoxy) is 1. The van der Waals surface area contributed by atoms with Crippen LogP contribution in [-0.4, -0.2) is 67.5 Å². The van der Waals surface area contributed by atoms with Crippen molar-refractivity contribution in [3.63, 3.8) is 0 Å². The molecule has 1 atom stereocenters. The molecule has 0 spiro atoms. The number of hydrogen-bond acceptors (Lipinski definition) is 7.